The molecule has 0 radical (unpaired) electrons. The van der Waals surface area contributed by atoms with Crippen LogP contribution in [0.1, 0.15) is 25.7 Å². The predicted octanol–water partition coefficient (Wildman–Crippen LogP) is 0.329. The molecule has 0 aromatic heterocycles. The molecule has 0 aromatic rings. The van der Waals surface area contributed by atoms with Crippen LogP contribution in [0.2, 0.25) is 0 Å². The lowest BCUT2D eigenvalue weighted by Crippen LogP contribution is -2.48. The molecule has 1 atom stereocenters. The molecular weight excluding hydrogens is 479 g/mol. The number of guanidine groups is 1. The summed E-state index contributed by atoms with van der Waals surface area (Å²) in [5.74, 6) is 0.107. The highest BCUT2D eigenvalue weighted by molar-refractivity contribution is 14.0. The van der Waals surface area contributed by atoms with Gasteiger partial charge in [0.2, 0.25) is 5.91 Å². The van der Waals surface area contributed by atoms with Crippen molar-refractivity contribution in [1.29, 1.82) is 0 Å². The first-order valence-corrected chi connectivity index (χ1v) is 9.79. The Labute approximate surface area is 183 Å². The number of carbonyl (C=O) groups excluding carboxylic acids is 1. The van der Waals surface area contributed by atoms with Gasteiger partial charge in [-0.05, 0) is 12.8 Å². The number of amides is 1. The fourth-order valence-corrected chi connectivity index (χ4v) is 3.35. The molecule has 9 nitrogen and oxygen atoms in total. The number of rotatable bonds is 5. The molecule has 3 aliphatic heterocycles. The second-order valence-electron chi connectivity index (χ2n) is 7.44. The summed E-state index contributed by atoms with van der Waals surface area (Å²) in [4.78, 5) is 17.9. The topological polar surface area (TPSA) is 93.7 Å². The summed E-state index contributed by atoms with van der Waals surface area (Å²) < 4.78 is 22.9. The van der Waals surface area contributed by atoms with Crippen molar-refractivity contribution in [2.24, 2.45) is 4.99 Å². The van der Waals surface area contributed by atoms with Crippen molar-refractivity contribution < 1.29 is 23.7 Å². The third-order valence-corrected chi connectivity index (χ3v) is 5.10. The van der Waals surface area contributed by atoms with Gasteiger partial charge in [-0.25, -0.2) is 4.99 Å². The molecule has 0 aromatic carbocycles. The van der Waals surface area contributed by atoms with E-state index in [4.69, 9.17) is 18.9 Å². The zero-order valence-corrected chi connectivity index (χ0v) is 19.1. The molecule has 3 rings (SSSR count). The van der Waals surface area contributed by atoms with E-state index in [-0.39, 0.29) is 42.5 Å². The van der Waals surface area contributed by atoms with E-state index in [1.807, 2.05) is 0 Å². The number of likely N-dealkylation sites (N-methyl/N-ethyl adjacent to an activating group) is 1. The van der Waals surface area contributed by atoms with Crippen molar-refractivity contribution in [1.82, 2.24) is 15.5 Å². The standard InChI is InChI=1S/C18H32N4O5.HI/c1-22(2)16(23)12-20-17(21-14-3-7-24-8-4-14)19-11-15-13-26-18(27-15)5-9-25-10-6-18;/h14-15H,3-13H2,1-2H3,(H2,19,20,21);1H. The van der Waals surface area contributed by atoms with E-state index >= 15 is 0 Å². The van der Waals surface area contributed by atoms with Gasteiger partial charge in [-0.15, -0.1) is 24.0 Å². The Morgan fingerprint density at radius 2 is 1.82 bits per heavy atom. The highest BCUT2D eigenvalue weighted by Crippen LogP contribution is 2.32. The molecule has 0 saturated carbocycles. The number of ether oxygens (including phenoxy) is 4. The minimum Gasteiger partial charge on any atom is -0.381 e. The summed E-state index contributed by atoms with van der Waals surface area (Å²) in [6, 6.07) is 0.294. The van der Waals surface area contributed by atoms with Crippen LogP contribution in [-0.2, 0) is 23.7 Å². The van der Waals surface area contributed by atoms with Gasteiger partial charge in [0.15, 0.2) is 11.7 Å². The Morgan fingerprint density at radius 1 is 1.14 bits per heavy atom. The van der Waals surface area contributed by atoms with Gasteiger partial charge < -0.3 is 34.5 Å². The molecule has 3 aliphatic rings. The van der Waals surface area contributed by atoms with Crippen LogP contribution in [0.3, 0.4) is 0 Å². The van der Waals surface area contributed by atoms with Crippen LogP contribution >= 0.6 is 24.0 Å². The number of hydrogen-bond acceptors (Lipinski definition) is 6. The lowest BCUT2D eigenvalue weighted by atomic mass is 10.1. The molecular formula is C18H33IN4O5. The van der Waals surface area contributed by atoms with E-state index < -0.39 is 5.79 Å². The molecule has 1 unspecified atom stereocenters. The molecule has 0 bridgehead atoms. The first-order valence-electron chi connectivity index (χ1n) is 9.79. The minimum atomic E-state index is -0.489. The molecule has 1 spiro atoms. The number of nitrogens with zero attached hydrogens (tertiary/aromatic N) is 2. The normalized spacial score (nSPS) is 25.2. The maximum atomic E-state index is 11.9. The van der Waals surface area contributed by atoms with E-state index in [9.17, 15) is 4.79 Å². The number of carbonyl (C=O) groups is 1. The van der Waals surface area contributed by atoms with Crippen LogP contribution in [0.4, 0.5) is 0 Å². The van der Waals surface area contributed by atoms with Gasteiger partial charge in [0.05, 0.1) is 19.8 Å². The van der Waals surface area contributed by atoms with Crippen molar-refractivity contribution in [3.05, 3.63) is 0 Å². The van der Waals surface area contributed by atoms with Gasteiger partial charge in [-0.2, -0.15) is 0 Å². The number of aliphatic imine (C=N–C) groups is 1. The van der Waals surface area contributed by atoms with Crippen LogP contribution < -0.4 is 10.6 Å². The second-order valence-corrected chi connectivity index (χ2v) is 7.44. The lowest BCUT2D eigenvalue weighted by molar-refractivity contribution is -0.210. The van der Waals surface area contributed by atoms with E-state index in [0.717, 1.165) is 38.9 Å². The van der Waals surface area contributed by atoms with Gasteiger partial charge in [0, 0.05) is 52.7 Å². The average molecular weight is 512 g/mol. The summed E-state index contributed by atoms with van der Waals surface area (Å²) >= 11 is 0. The van der Waals surface area contributed by atoms with Crippen molar-refractivity contribution in [3.63, 3.8) is 0 Å². The van der Waals surface area contributed by atoms with Gasteiger partial charge in [0.1, 0.15) is 12.6 Å². The van der Waals surface area contributed by atoms with Crippen LogP contribution in [0.25, 0.3) is 0 Å². The smallest absolute Gasteiger partial charge is 0.243 e. The van der Waals surface area contributed by atoms with Crippen LogP contribution in [0.15, 0.2) is 4.99 Å². The Hall–Kier alpha value is -0.690. The van der Waals surface area contributed by atoms with Crippen molar-refractivity contribution in [2.75, 3.05) is 60.2 Å². The summed E-state index contributed by atoms with van der Waals surface area (Å²) in [6.45, 7) is 4.06. The summed E-state index contributed by atoms with van der Waals surface area (Å²) in [6.07, 6.45) is 3.34. The Bertz CT molecular complexity index is 522. The zero-order valence-electron chi connectivity index (χ0n) is 16.8. The van der Waals surface area contributed by atoms with Gasteiger partial charge in [0.25, 0.3) is 0 Å². The fourth-order valence-electron chi connectivity index (χ4n) is 3.35. The maximum absolute atomic E-state index is 11.9. The largest absolute Gasteiger partial charge is 0.381 e. The minimum absolute atomic E-state index is 0. The monoisotopic (exact) mass is 512 g/mol. The third-order valence-electron chi connectivity index (χ3n) is 5.10. The average Bonchev–Trinajstić information content (AvgIpc) is 3.07. The molecule has 2 N–H and O–H groups in total. The van der Waals surface area contributed by atoms with Gasteiger partial charge in [-0.3, -0.25) is 4.79 Å². The molecule has 10 heteroatoms. The maximum Gasteiger partial charge on any atom is 0.243 e. The predicted molar refractivity (Wildman–Crippen MR) is 115 cm³/mol. The summed E-state index contributed by atoms with van der Waals surface area (Å²) in [5, 5.41) is 6.73. The van der Waals surface area contributed by atoms with E-state index in [0.29, 0.717) is 38.4 Å². The Kier molecular flexibility index (Phi) is 9.67. The van der Waals surface area contributed by atoms with Gasteiger partial charge in [-0.1, -0.05) is 0 Å². The Morgan fingerprint density at radius 3 is 2.50 bits per heavy atom. The van der Waals surface area contributed by atoms with E-state index in [2.05, 4.69) is 15.6 Å². The zero-order chi connectivity index (χ0) is 19.1. The highest BCUT2D eigenvalue weighted by Gasteiger charge is 2.42. The number of nitrogens with one attached hydrogen (secondary N) is 2. The summed E-state index contributed by atoms with van der Waals surface area (Å²) in [7, 11) is 3.46. The van der Waals surface area contributed by atoms with Crippen molar-refractivity contribution in [2.45, 2.75) is 43.6 Å². The first-order chi connectivity index (χ1) is 13.1. The molecule has 3 heterocycles. The highest BCUT2D eigenvalue weighted by atomic mass is 127. The molecule has 0 aliphatic carbocycles. The van der Waals surface area contributed by atoms with Crippen LogP contribution in [0, 0.1) is 0 Å². The molecule has 162 valence electrons. The number of hydrogen-bond donors (Lipinski definition) is 2. The van der Waals surface area contributed by atoms with Gasteiger partial charge >= 0.3 is 0 Å². The molecule has 28 heavy (non-hydrogen) atoms. The van der Waals surface area contributed by atoms with Crippen LogP contribution in [0.5, 0.6) is 0 Å². The van der Waals surface area contributed by atoms with E-state index in [1.165, 1.54) is 0 Å². The first kappa shape index (κ1) is 23.6. The molecule has 3 fully saturated rings. The fraction of sp³-hybridized carbons (Fsp3) is 0.889. The van der Waals surface area contributed by atoms with Crippen LogP contribution in [-0.4, -0.2) is 94.9 Å². The van der Waals surface area contributed by atoms with Crippen molar-refractivity contribution in [3.8, 4) is 0 Å². The quantitative estimate of drug-likeness (QED) is 0.312. The Balaban J connectivity index is 0.00000280. The lowest BCUT2D eigenvalue weighted by Gasteiger charge is -2.31. The third kappa shape index (κ3) is 6.97. The SMILES string of the molecule is CN(C)C(=O)CN=C(NCC1COC2(CCOCC2)O1)NC1CCOCC1.I. The summed E-state index contributed by atoms with van der Waals surface area (Å²) in [5.41, 5.74) is 0. The molecule has 1 amide bonds. The van der Waals surface area contributed by atoms with Crippen molar-refractivity contribution >= 4 is 35.8 Å². The number of halogens is 1. The van der Waals surface area contributed by atoms with E-state index in [1.54, 1.807) is 19.0 Å². The molecule has 3 saturated heterocycles. The second kappa shape index (κ2) is 11.5.